The van der Waals surface area contributed by atoms with Crippen molar-refractivity contribution < 1.29 is 19.4 Å². The Morgan fingerprint density at radius 1 is 1.00 bits per heavy atom. The Morgan fingerprint density at radius 2 is 1.67 bits per heavy atom. The van der Waals surface area contributed by atoms with Gasteiger partial charge in [0.25, 0.3) is 0 Å². The van der Waals surface area contributed by atoms with Gasteiger partial charge in [0.2, 0.25) is 11.8 Å². The van der Waals surface area contributed by atoms with E-state index in [1.165, 1.54) is 6.92 Å². The molecule has 0 saturated carbocycles. The standard InChI is InChI=1S/C18H36N2O4/c1-15(2)24-14-17(13-21)9-6-8-12-20-18(23)10-5-4-7-11-19-16(3)22/h15,17,21H,4-14H2,1-3H3,(H,19,22)(H,20,23). The highest BCUT2D eigenvalue weighted by atomic mass is 16.5. The molecule has 0 saturated heterocycles. The molecule has 0 rings (SSSR count). The largest absolute Gasteiger partial charge is 0.396 e. The topological polar surface area (TPSA) is 87.7 Å². The smallest absolute Gasteiger partial charge is 0.219 e. The van der Waals surface area contributed by atoms with E-state index in [4.69, 9.17) is 4.74 Å². The van der Waals surface area contributed by atoms with E-state index in [-0.39, 0.29) is 30.4 Å². The van der Waals surface area contributed by atoms with Crippen LogP contribution in [0.1, 0.15) is 65.7 Å². The van der Waals surface area contributed by atoms with Crippen LogP contribution < -0.4 is 10.6 Å². The minimum Gasteiger partial charge on any atom is -0.396 e. The van der Waals surface area contributed by atoms with Crippen LogP contribution in [0.15, 0.2) is 0 Å². The zero-order chi connectivity index (χ0) is 18.2. The van der Waals surface area contributed by atoms with Gasteiger partial charge in [-0.3, -0.25) is 9.59 Å². The number of ether oxygens (including phenoxy) is 1. The van der Waals surface area contributed by atoms with Gasteiger partial charge in [-0.1, -0.05) is 12.8 Å². The fourth-order valence-corrected chi connectivity index (χ4v) is 2.28. The summed E-state index contributed by atoms with van der Waals surface area (Å²) in [5, 5.41) is 15.0. The lowest BCUT2D eigenvalue weighted by Gasteiger charge is -2.16. The summed E-state index contributed by atoms with van der Waals surface area (Å²) in [6.45, 7) is 7.61. The zero-order valence-corrected chi connectivity index (χ0v) is 15.6. The van der Waals surface area contributed by atoms with Gasteiger partial charge in [-0.15, -0.1) is 0 Å². The molecule has 0 aliphatic heterocycles. The van der Waals surface area contributed by atoms with Crippen molar-refractivity contribution in [1.82, 2.24) is 10.6 Å². The number of carbonyl (C=O) groups is 2. The molecule has 0 aromatic heterocycles. The molecule has 0 aliphatic carbocycles. The summed E-state index contributed by atoms with van der Waals surface area (Å²) in [4.78, 5) is 22.4. The quantitative estimate of drug-likeness (QED) is 0.397. The van der Waals surface area contributed by atoms with Crippen molar-refractivity contribution in [2.45, 2.75) is 71.8 Å². The van der Waals surface area contributed by atoms with Gasteiger partial charge in [0.05, 0.1) is 12.7 Å². The number of aliphatic hydroxyl groups is 1. The molecule has 0 aromatic carbocycles. The predicted molar refractivity (Wildman–Crippen MR) is 95.7 cm³/mol. The summed E-state index contributed by atoms with van der Waals surface area (Å²) in [6, 6.07) is 0. The molecule has 0 spiro atoms. The molecule has 6 heteroatoms. The second-order valence-corrected chi connectivity index (χ2v) is 6.57. The Labute approximate surface area is 146 Å². The molecule has 0 heterocycles. The third kappa shape index (κ3) is 15.7. The van der Waals surface area contributed by atoms with Crippen LogP contribution in [0.3, 0.4) is 0 Å². The normalized spacial score (nSPS) is 12.2. The molecule has 2 amide bonds. The second kappa shape index (κ2) is 15.4. The van der Waals surface area contributed by atoms with Crippen molar-refractivity contribution in [2.75, 3.05) is 26.3 Å². The van der Waals surface area contributed by atoms with Gasteiger partial charge in [-0.05, 0) is 39.5 Å². The summed E-state index contributed by atoms with van der Waals surface area (Å²) in [5.41, 5.74) is 0. The third-order valence-electron chi connectivity index (χ3n) is 3.74. The van der Waals surface area contributed by atoms with Gasteiger partial charge in [0.1, 0.15) is 0 Å². The number of nitrogens with one attached hydrogen (secondary N) is 2. The van der Waals surface area contributed by atoms with E-state index in [0.717, 1.165) is 38.5 Å². The Hall–Kier alpha value is -1.14. The van der Waals surface area contributed by atoms with Crippen LogP contribution in [0.5, 0.6) is 0 Å². The van der Waals surface area contributed by atoms with Gasteiger partial charge in [0, 0.05) is 39.0 Å². The number of unbranched alkanes of at least 4 members (excludes halogenated alkanes) is 3. The predicted octanol–water partition coefficient (Wildman–Crippen LogP) is 2.00. The Bertz CT molecular complexity index is 335. The Morgan fingerprint density at radius 3 is 2.29 bits per heavy atom. The Balaban J connectivity index is 3.46. The lowest BCUT2D eigenvalue weighted by atomic mass is 10.0. The highest BCUT2D eigenvalue weighted by Crippen LogP contribution is 2.09. The van der Waals surface area contributed by atoms with Gasteiger partial charge in [-0.25, -0.2) is 0 Å². The number of amides is 2. The maximum atomic E-state index is 11.7. The van der Waals surface area contributed by atoms with Crippen molar-refractivity contribution in [3.63, 3.8) is 0 Å². The molecule has 24 heavy (non-hydrogen) atoms. The van der Waals surface area contributed by atoms with Crippen molar-refractivity contribution >= 4 is 11.8 Å². The molecule has 1 unspecified atom stereocenters. The van der Waals surface area contributed by atoms with Gasteiger partial charge >= 0.3 is 0 Å². The van der Waals surface area contributed by atoms with Crippen LogP contribution in [0.4, 0.5) is 0 Å². The summed E-state index contributed by atoms with van der Waals surface area (Å²) < 4.78 is 5.52. The highest BCUT2D eigenvalue weighted by Gasteiger charge is 2.08. The van der Waals surface area contributed by atoms with Gasteiger partial charge in [-0.2, -0.15) is 0 Å². The van der Waals surface area contributed by atoms with Crippen molar-refractivity contribution in [3.8, 4) is 0 Å². The van der Waals surface area contributed by atoms with E-state index in [9.17, 15) is 14.7 Å². The van der Waals surface area contributed by atoms with Crippen LogP contribution >= 0.6 is 0 Å². The zero-order valence-electron chi connectivity index (χ0n) is 15.6. The van der Waals surface area contributed by atoms with E-state index in [1.807, 2.05) is 13.8 Å². The lowest BCUT2D eigenvalue weighted by molar-refractivity contribution is -0.121. The maximum Gasteiger partial charge on any atom is 0.219 e. The first kappa shape index (κ1) is 22.9. The summed E-state index contributed by atoms with van der Waals surface area (Å²) in [7, 11) is 0. The van der Waals surface area contributed by atoms with Crippen LogP contribution in [0.25, 0.3) is 0 Å². The fourth-order valence-electron chi connectivity index (χ4n) is 2.28. The first-order valence-corrected chi connectivity index (χ1v) is 9.19. The fraction of sp³-hybridized carbons (Fsp3) is 0.889. The monoisotopic (exact) mass is 344 g/mol. The minimum absolute atomic E-state index is 0.00746. The minimum atomic E-state index is -0.00746. The van der Waals surface area contributed by atoms with E-state index in [2.05, 4.69) is 10.6 Å². The average Bonchev–Trinajstić information content (AvgIpc) is 2.52. The van der Waals surface area contributed by atoms with Crippen molar-refractivity contribution in [2.24, 2.45) is 5.92 Å². The number of hydrogen-bond donors (Lipinski definition) is 3. The molecule has 0 aliphatic rings. The van der Waals surface area contributed by atoms with E-state index >= 15 is 0 Å². The molecule has 0 fully saturated rings. The molecule has 1 atom stereocenters. The molecule has 0 bridgehead atoms. The number of hydrogen-bond acceptors (Lipinski definition) is 4. The number of carbonyl (C=O) groups excluding carboxylic acids is 2. The second-order valence-electron chi connectivity index (χ2n) is 6.57. The van der Waals surface area contributed by atoms with Crippen molar-refractivity contribution in [3.05, 3.63) is 0 Å². The molecule has 3 N–H and O–H groups in total. The van der Waals surface area contributed by atoms with Crippen molar-refractivity contribution in [1.29, 1.82) is 0 Å². The van der Waals surface area contributed by atoms with Crippen LogP contribution in [0, 0.1) is 5.92 Å². The van der Waals surface area contributed by atoms with Crippen LogP contribution in [-0.2, 0) is 14.3 Å². The van der Waals surface area contributed by atoms with Gasteiger partial charge < -0.3 is 20.5 Å². The van der Waals surface area contributed by atoms with Crippen LogP contribution in [0.2, 0.25) is 0 Å². The first-order chi connectivity index (χ1) is 11.5. The molecule has 6 nitrogen and oxygen atoms in total. The number of rotatable bonds is 15. The van der Waals surface area contributed by atoms with Crippen LogP contribution in [-0.4, -0.2) is 49.3 Å². The Kier molecular flexibility index (Phi) is 14.7. The molecular weight excluding hydrogens is 308 g/mol. The van der Waals surface area contributed by atoms with E-state index < -0.39 is 0 Å². The summed E-state index contributed by atoms with van der Waals surface area (Å²) in [5.74, 6) is 0.273. The summed E-state index contributed by atoms with van der Waals surface area (Å²) in [6.07, 6.45) is 6.26. The van der Waals surface area contributed by atoms with Gasteiger partial charge in [0.15, 0.2) is 0 Å². The number of aliphatic hydroxyl groups excluding tert-OH is 1. The SMILES string of the molecule is CC(=O)NCCCCCC(=O)NCCCCC(CO)COC(C)C. The summed E-state index contributed by atoms with van der Waals surface area (Å²) >= 11 is 0. The van der Waals surface area contributed by atoms with E-state index in [0.29, 0.717) is 26.1 Å². The highest BCUT2D eigenvalue weighted by molar-refractivity contribution is 5.75. The molecule has 0 aromatic rings. The maximum absolute atomic E-state index is 11.7. The average molecular weight is 344 g/mol. The third-order valence-corrected chi connectivity index (χ3v) is 3.74. The lowest BCUT2D eigenvalue weighted by Crippen LogP contribution is -2.24. The molecule has 0 radical (unpaired) electrons. The molecular formula is C18H36N2O4. The van der Waals surface area contributed by atoms with E-state index in [1.54, 1.807) is 0 Å². The molecule has 142 valence electrons. The first-order valence-electron chi connectivity index (χ1n) is 9.19.